The van der Waals surface area contributed by atoms with Crippen LogP contribution in [0.25, 0.3) is 0 Å². The van der Waals surface area contributed by atoms with Crippen molar-refractivity contribution in [3.8, 4) is 0 Å². The van der Waals surface area contributed by atoms with Gasteiger partial charge >= 0.3 is 6.09 Å². The Hall–Kier alpha value is -1.15. The third kappa shape index (κ3) is 4.67. The fourth-order valence-corrected chi connectivity index (χ4v) is 3.80. The summed E-state index contributed by atoms with van der Waals surface area (Å²) in [5, 5.41) is 5.76. The standard InChI is InChI=1S/C15H26N4O2S2/c1-15(2,3)21-14(20)19-8-6-10(7-9-19)18(5)13-17-11(22)12(16-4)23-13/h10,16,22H,6-9H2,1-5H3. The van der Waals surface area contributed by atoms with Crippen LogP contribution in [0.5, 0.6) is 0 Å². The van der Waals surface area contributed by atoms with E-state index in [2.05, 4.69) is 34.9 Å². The van der Waals surface area contributed by atoms with Crippen LogP contribution < -0.4 is 10.2 Å². The lowest BCUT2D eigenvalue weighted by Crippen LogP contribution is -2.47. The molecule has 1 amide bonds. The minimum absolute atomic E-state index is 0.219. The number of hydrogen-bond donors (Lipinski definition) is 2. The molecule has 1 aliphatic heterocycles. The summed E-state index contributed by atoms with van der Waals surface area (Å²) in [5.74, 6) is 0. The first kappa shape index (κ1) is 18.2. The zero-order valence-electron chi connectivity index (χ0n) is 14.4. The Morgan fingerprint density at radius 1 is 1.43 bits per heavy atom. The summed E-state index contributed by atoms with van der Waals surface area (Å²) in [6.45, 7) is 7.09. The van der Waals surface area contributed by atoms with Crippen molar-refractivity contribution in [3.05, 3.63) is 0 Å². The van der Waals surface area contributed by atoms with Gasteiger partial charge in [0.25, 0.3) is 0 Å². The summed E-state index contributed by atoms with van der Waals surface area (Å²) in [5.41, 5.74) is -0.446. The Kier molecular flexibility index (Phi) is 5.67. The van der Waals surface area contributed by atoms with Crippen LogP contribution in [-0.2, 0) is 4.74 Å². The van der Waals surface area contributed by atoms with Gasteiger partial charge in [0.15, 0.2) is 5.13 Å². The second kappa shape index (κ2) is 7.17. The number of carbonyl (C=O) groups excluding carboxylic acids is 1. The fraction of sp³-hybridized carbons (Fsp3) is 0.733. The highest BCUT2D eigenvalue weighted by Crippen LogP contribution is 2.34. The highest BCUT2D eigenvalue weighted by molar-refractivity contribution is 7.80. The highest BCUT2D eigenvalue weighted by atomic mass is 32.1. The number of nitrogens with zero attached hydrogens (tertiary/aromatic N) is 3. The summed E-state index contributed by atoms with van der Waals surface area (Å²) >= 11 is 5.98. The average Bonchev–Trinajstić information content (AvgIpc) is 2.86. The molecule has 8 heteroatoms. The number of amides is 1. The van der Waals surface area contributed by atoms with Crippen LogP contribution in [0.4, 0.5) is 14.9 Å². The number of ether oxygens (including phenoxy) is 1. The van der Waals surface area contributed by atoms with Crippen LogP contribution in [0.15, 0.2) is 5.03 Å². The molecule has 1 aromatic heterocycles. The molecule has 0 aliphatic carbocycles. The van der Waals surface area contributed by atoms with Gasteiger partial charge in [-0.1, -0.05) is 11.3 Å². The maximum atomic E-state index is 12.1. The number of thiol groups is 1. The molecule has 1 aliphatic rings. The second-order valence-electron chi connectivity index (χ2n) is 6.71. The molecule has 2 heterocycles. The minimum atomic E-state index is -0.446. The molecule has 0 aromatic carbocycles. The summed E-state index contributed by atoms with van der Waals surface area (Å²) < 4.78 is 5.44. The molecule has 0 radical (unpaired) electrons. The van der Waals surface area contributed by atoms with Crippen LogP contribution in [0.1, 0.15) is 33.6 Å². The van der Waals surface area contributed by atoms with E-state index in [1.54, 1.807) is 16.2 Å². The quantitative estimate of drug-likeness (QED) is 0.812. The highest BCUT2D eigenvalue weighted by Gasteiger charge is 2.29. The number of aromatic nitrogens is 1. The monoisotopic (exact) mass is 358 g/mol. The number of hydrogen-bond acceptors (Lipinski definition) is 7. The van der Waals surface area contributed by atoms with Gasteiger partial charge in [-0.3, -0.25) is 0 Å². The van der Waals surface area contributed by atoms with Crippen LogP contribution >= 0.6 is 24.0 Å². The van der Waals surface area contributed by atoms with Crippen LogP contribution in [0.3, 0.4) is 0 Å². The van der Waals surface area contributed by atoms with Gasteiger partial charge in [-0.2, -0.15) is 0 Å². The van der Waals surface area contributed by atoms with Gasteiger partial charge in [-0.25, -0.2) is 9.78 Å². The van der Waals surface area contributed by atoms with Gasteiger partial charge in [0.2, 0.25) is 0 Å². The molecule has 0 spiro atoms. The van der Waals surface area contributed by atoms with E-state index in [1.807, 2.05) is 27.8 Å². The topological polar surface area (TPSA) is 57.7 Å². The van der Waals surface area contributed by atoms with Crippen LogP contribution in [-0.4, -0.2) is 54.8 Å². The molecule has 23 heavy (non-hydrogen) atoms. The van der Waals surface area contributed by atoms with Gasteiger partial charge in [0, 0.05) is 33.2 Å². The predicted molar refractivity (Wildman–Crippen MR) is 98.1 cm³/mol. The molecule has 1 aromatic rings. The first-order valence-electron chi connectivity index (χ1n) is 7.79. The van der Waals surface area contributed by atoms with E-state index in [9.17, 15) is 4.79 Å². The van der Waals surface area contributed by atoms with Gasteiger partial charge < -0.3 is 19.9 Å². The largest absolute Gasteiger partial charge is 0.444 e. The maximum absolute atomic E-state index is 12.1. The van der Waals surface area contributed by atoms with Crippen molar-refractivity contribution in [1.29, 1.82) is 0 Å². The lowest BCUT2D eigenvalue weighted by atomic mass is 10.0. The first-order valence-corrected chi connectivity index (χ1v) is 9.06. The van der Waals surface area contributed by atoms with Gasteiger partial charge in [0.1, 0.15) is 15.6 Å². The molecule has 2 rings (SSSR count). The van der Waals surface area contributed by atoms with E-state index in [4.69, 9.17) is 4.74 Å². The third-order valence-electron chi connectivity index (χ3n) is 3.79. The molecular weight excluding hydrogens is 332 g/mol. The number of rotatable bonds is 3. The molecule has 130 valence electrons. The van der Waals surface area contributed by atoms with E-state index in [-0.39, 0.29) is 6.09 Å². The SMILES string of the molecule is CNc1sc(N(C)C2CCN(C(=O)OC(C)(C)C)CC2)nc1S. The lowest BCUT2D eigenvalue weighted by molar-refractivity contribution is 0.0205. The van der Waals surface area contributed by atoms with Crippen molar-refractivity contribution >= 4 is 40.2 Å². The number of piperidine rings is 1. The summed E-state index contributed by atoms with van der Waals surface area (Å²) in [6.07, 6.45) is 1.60. The maximum Gasteiger partial charge on any atom is 0.410 e. The molecule has 1 N–H and O–H groups in total. The van der Waals surface area contributed by atoms with Crippen LogP contribution in [0, 0.1) is 0 Å². The molecule has 0 atom stereocenters. The Morgan fingerprint density at radius 2 is 2.04 bits per heavy atom. The smallest absolute Gasteiger partial charge is 0.410 e. The molecule has 1 saturated heterocycles. The van der Waals surface area contributed by atoms with Crippen molar-refractivity contribution in [3.63, 3.8) is 0 Å². The molecule has 0 bridgehead atoms. The first-order chi connectivity index (χ1) is 10.7. The summed E-state index contributed by atoms with van der Waals surface area (Å²) in [4.78, 5) is 20.6. The van der Waals surface area contributed by atoms with E-state index in [1.165, 1.54) is 0 Å². The number of carbonyl (C=O) groups is 1. The number of thiazole rings is 1. The van der Waals surface area contributed by atoms with Crippen molar-refractivity contribution in [2.24, 2.45) is 0 Å². The van der Waals surface area contributed by atoms with Crippen molar-refractivity contribution in [1.82, 2.24) is 9.88 Å². The van der Waals surface area contributed by atoms with E-state index in [0.717, 1.165) is 28.0 Å². The Labute approximate surface area is 147 Å². The van der Waals surface area contributed by atoms with Gasteiger partial charge in [-0.05, 0) is 33.6 Å². The third-order valence-corrected chi connectivity index (χ3v) is 5.43. The number of anilines is 2. The van der Waals surface area contributed by atoms with Gasteiger partial charge in [-0.15, -0.1) is 12.6 Å². The fourth-order valence-electron chi connectivity index (χ4n) is 2.53. The second-order valence-corrected chi connectivity index (χ2v) is 8.11. The molecule has 0 saturated carbocycles. The predicted octanol–water partition coefficient (Wildman–Crippen LogP) is 3.31. The Balaban J connectivity index is 1.92. The number of likely N-dealkylation sites (tertiary alicyclic amines) is 1. The Morgan fingerprint density at radius 3 is 2.52 bits per heavy atom. The van der Waals surface area contributed by atoms with Crippen molar-refractivity contribution in [2.75, 3.05) is 37.4 Å². The molecule has 0 unspecified atom stereocenters. The van der Waals surface area contributed by atoms with E-state index < -0.39 is 5.60 Å². The summed E-state index contributed by atoms with van der Waals surface area (Å²) in [6, 6.07) is 0.372. The van der Waals surface area contributed by atoms with Gasteiger partial charge in [0.05, 0.1) is 0 Å². The van der Waals surface area contributed by atoms with Crippen molar-refractivity contribution in [2.45, 2.75) is 50.3 Å². The van der Waals surface area contributed by atoms with E-state index >= 15 is 0 Å². The number of nitrogens with one attached hydrogen (secondary N) is 1. The molecular formula is C15H26N4O2S2. The minimum Gasteiger partial charge on any atom is -0.444 e. The zero-order valence-corrected chi connectivity index (χ0v) is 16.1. The lowest BCUT2D eigenvalue weighted by Gasteiger charge is -2.37. The normalized spacial score (nSPS) is 16.3. The Bertz CT molecular complexity index is 548. The summed E-state index contributed by atoms with van der Waals surface area (Å²) in [7, 11) is 3.93. The van der Waals surface area contributed by atoms with Crippen LogP contribution in [0.2, 0.25) is 0 Å². The zero-order chi connectivity index (χ0) is 17.2. The van der Waals surface area contributed by atoms with E-state index in [0.29, 0.717) is 19.1 Å². The molecule has 1 fully saturated rings. The molecule has 6 nitrogen and oxygen atoms in total. The average molecular weight is 359 g/mol. The van der Waals surface area contributed by atoms with Crippen molar-refractivity contribution < 1.29 is 9.53 Å².